The van der Waals surface area contributed by atoms with Crippen molar-refractivity contribution in [2.24, 2.45) is 24.8 Å². The Bertz CT molecular complexity index is 1570. The lowest BCUT2D eigenvalue weighted by atomic mass is 9.69. The molecule has 0 unspecified atom stereocenters. The van der Waals surface area contributed by atoms with Gasteiger partial charge in [0.1, 0.15) is 16.8 Å². The highest BCUT2D eigenvalue weighted by Crippen LogP contribution is 2.43. The van der Waals surface area contributed by atoms with Crippen LogP contribution < -0.4 is 14.4 Å². The standard InChI is InChI=1S/C29H39N7O4S.H2S/c1-18-15-29(3,4)35(16-18)27-22(28(37)33-41(38,39)24-17-34(5)31-19(24)2)10-11-25(30-27)36-13-12-26(32-36)40-23-14-20-6-8-21(23)9-7-20;/h10-13,17-18,20-21,23H,6-9,14-16H2,1-5H3,(H,33,37);1H2/t18-,20?,21?,23+;/m0./s1. The molecule has 4 aliphatic rings. The number of hydrogen-bond donors (Lipinski definition) is 1. The van der Waals surface area contributed by atoms with Crippen LogP contribution in [0.1, 0.15) is 75.3 Å². The summed E-state index contributed by atoms with van der Waals surface area (Å²) in [7, 11) is -2.50. The number of rotatable bonds is 7. The molecule has 4 heterocycles. The number of ether oxygens (including phenoxy) is 1. The van der Waals surface area contributed by atoms with Crippen LogP contribution in [0.4, 0.5) is 5.82 Å². The quantitative estimate of drug-likeness (QED) is 0.421. The third kappa shape index (κ3) is 5.77. The maximum absolute atomic E-state index is 13.5. The van der Waals surface area contributed by atoms with Crippen molar-refractivity contribution >= 4 is 35.2 Å². The minimum Gasteiger partial charge on any atom is -0.473 e. The molecule has 1 amide bonds. The van der Waals surface area contributed by atoms with E-state index < -0.39 is 15.9 Å². The first-order valence-corrected chi connectivity index (χ1v) is 16.0. The topological polar surface area (TPSA) is 124 Å². The predicted molar refractivity (Wildman–Crippen MR) is 164 cm³/mol. The van der Waals surface area contributed by atoms with E-state index in [4.69, 9.17) is 9.72 Å². The third-order valence-corrected chi connectivity index (χ3v) is 10.4. The summed E-state index contributed by atoms with van der Waals surface area (Å²) >= 11 is 0. The molecule has 2 bridgehead atoms. The Morgan fingerprint density at radius 2 is 1.86 bits per heavy atom. The molecule has 13 heteroatoms. The first-order valence-electron chi connectivity index (χ1n) is 14.5. The zero-order valence-electron chi connectivity index (χ0n) is 24.9. The average Bonchev–Trinajstić information content (AvgIpc) is 3.60. The number of amides is 1. The van der Waals surface area contributed by atoms with Gasteiger partial charge in [0, 0.05) is 37.6 Å². The summed E-state index contributed by atoms with van der Waals surface area (Å²) in [5.74, 6) is 2.51. The molecule has 228 valence electrons. The first kappa shape index (κ1) is 30.4. The van der Waals surface area contributed by atoms with Crippen molar-refractivity contribution in [3.63, 3.8) is 0 Å². The van der Waals surface area contributed by atoms with Gasteiger partial charge < -0.3 is 9.64 Å². The molecule has 0 aromatic carbocycles. The smallest absolute Gasteiger partial charge is 0.268 e. The van der Waals surface area contributed by atoms with E-state index in [0.717, 1.165) is 18.8 Å². The molecule has 1 aliphatic heterocycles. The Balaban J connectivity index is 0.00000353. The van der Waals surface area contributed by atoms with Crippen LogP contribution in [-0.4, -0.2) is 57.1 Å². The van der Waals surface area contributed by atoms with Crippen LogP contribution in [-0.2, 0) is 17.1 Å². The number of fused-ring (bicyclic) bond motifs is 3. The largest absolute Gasteiger partial charge is 0.473 e. The minimum atomic E-state index is -4.14. The van der Waals surface area contributed by atoms with Crippen LogP contribution in [0.15, 0.2) is 35.5 Å². The van der Waals surface area contributed by atoms with Crippen LogP contribution in [0.2, 0.25) is 0 Å². The van der Waals surface area contributed by atoms with E-state index in [1.807, 2.05) is 12.3 Å². The fourth-order valence-electron chi connectivity index (χ4n) is 7.10. The van der Waals surface area contributed by atoms with E-state index in [0.29, 0.717) is 41.6 Å². The zero-order valence-corrected chi connectivity index (χ0v) is 26.7. The van der Waals surface area contributed by atoms with Crippen molar-refractivity contribution in [2.45, 2.75) is 82.8 Å². The second kappa shape index (κ2) is 11.2. The van der Waals surface area contributed by atoms with Crippen molar-refractivity contribution < 1.29 is 17.9 Å². The van der Waals surface area contributed by atoms with Gasteiger partial charge in [0.05, 0.1) is 11.3 Å². The first-order chi connectivity index (χ1) is 19.4. The van der Waals surface area contributed by atoms with Gasteiger partial charge in [-0.1, -0.05) is 6.92 Å². The molecular weight excluding hydrogens is 574 g/mol. The van der Waals surface area contributed by atoms with Crippen molar-refractivity contribution in [2.75, 3.05) is 11.4 Å². The van der Waals surface area contributed by atoms with Crippen molar-refractivity contribution in [3.05, 3.63) is 41.9 Å². The van der Waals surface area contributed by atoms with E-state index in [-0.39, 0.29) is 35.6 Å². The molecule has 11 nitrogen and oxygen atoms in total. The molecule has 4 fully saturated rings. The number of aromatic nitrogens is 5. The maximum atomic E-state index is 13.5. The molecule has 2 atom stereocenters. The average molecular weight is 616 g/mol. The Kier molecular flexibility index (Phi) is 8.12. The number of carbonyl (C=O) groups excluding carboxylic acids is 1. The van der Waals surface area contributed by atoms with E-state index in [1.165, 1.54) is 36.6 Å². The number of anilines is 1. The lowest BCUT2D eigenvalue weighted by molar-refractivity contribution is 0.0171. The predicted octanol–water partition coefficient (Wildman–Crippen LogP) is 4.12. The number of nitrogens with zero attached hydrogens (tertiary/aromatic N) is 6. The number of aryl methyl sites for hydroxylation is 2. The Hall–Kier alpha value is -3.06. The normalized spacial score (nSPS) is 24.8. The molecular formula is C29H41N7O4S2. The molecule has 7 rings (SSSR count). The van der Waals surface area contributed by atoms with Gasteiger partial charge in [0.25, 0.3) is 15.9 Å². The van der Waals surface area contributed by atoms with Gasteiger partial charge in [0.2, 0.25) is 5.88 Å². The summed E-state index contributed by atoms with van der Waals surface area (Å²) in [6.07, 6.45) is 10.5. The molecule has 1 saturated heterocycles. The number of nitrogens with one attached hydrogen (secondary N) is 1. The van der Waals surface area contributed by atoms with E-state index in [9.17, 15) is 13.2 Å². The molecule has 3 saturated carbocycles. The maximum Gasteiger partial charge on any atom is 0.268 e. The number of carbonyl (C=O) groups is 1. The zero-order chi connectivity index (χ0) is 29.1. The van der Waals surface area contributed by atoms with Crippen LogP contribution in [0.5, 0.6) is 5.88 Å². The van der Waals surface area contributed by atoms with Gasteiger partial charge in [-0.3, -0.25) is 9.48 Å². The van der Waals surface area contributed by atoms with Crippen LogP contribution >= 0.6 is 13.5 Å². The van der Waals surface area contributed by atoms with Gasteiger partial charge in [-0.2, -0.15) is 18.6 Å². The summed E-state index contributed by atoms with van der Waals surface area (Å²) in [5, 5.41) is 8.78. The van der Waals surface area contributed by atoms with Gasteiger partial charge in [-0.15, -0.1) is 5.10 Å². The fourth-order valence-corrected chi connectivity index (χ4v) is 8.28. The lowest BCUT2D eigenvalue weighted by Crippen LogP contribution is -2.41. The van der Waals surface area contributed by atoms with Crippen LogP contribution in [0.3, 0.4) is 0 Å². The second-order valence-corrected chi connectivity index (χ2v) is 14.4. The van der Waals surface area contributed by atoms with Crippen molar-refractivity contribution in [3.8, 4) is 11.7 Å². The summed E-state index contributed by atoms with van der Waals surface area (Å²) in [5.41, 5.74) is 0.217. The minimum absolute atomic E-state index is 0. The molecule has 0 spiro atoms. The number of pyridine rings is 1. The number of hydrogen-bond acceptors (Lipinski definition) is 8. The van der Waals surface area contributed by atoms with Crippen molar-refractivity contribution in [1.82, 2.24) is 29.3 Å². The Labute approximate surface area is 254 Å². The lowest BCUT2D eigenvalue weighted by Gasteiger charge is -2.41. The highest BCUT2D eigenvalue weighted by Gasteiger charge is 2.40. The van der Waals surface area contributed by atoms with Crippen LogP contribution in [0, 0.1) is 24.7 Å². The summed E-state index contributed by atoms with van der Waals surface area (Å²) < 4.78 is 37.9. The molecule has 3 aliphatic carbocycles. The van der Waals surface area contributed by atoms with Crippen molar-refractivity contribution in [1.29, 1.82) is 0 Å². The summed E-state index contributed by atoms with van der Waals surface area (Å²) in [6, 6.07) is 5.17. The molecule has 3 aromatic heterocycles. The third-order valence-electron chi connectivity index (χ3n) is 8.97. The molecule has 42 heavy (non-hydrogen) atoms. The summed E-state index contributed by atoms with van der Waals surface area (Å²) in [6.45, 7) is 8.67. The van der Waals surface area contributed by atoms with Gasteiger partial charge in [0.15, 0.2) is 5.82 Å². The Morgan fingerprint density at radius 3 is 2.45 bits per heavy atom. The van der Waals surface area contributed by atoms with E-state index in [1.54, 1.807) is 30.8 Å². The molecule has 0 radical (unpaired) electrons. The van der Waals surface area contributed by atoms with Gasteiger partial charge in [-0.05, 0) is 89.2 Å². The molecule has 3 aromatic rings. The van der Waals surface area contributed by atoms with Gasteiger partial charge in [-0.25, -0.2) is 22.8 Å². The fraction of sp³-hybridized carbons (Fsp3) is 0.586. The van der Waals surface area contributed by atoms with E-state index >= 15 is 0 Å². The highest BCUT2D eigenvalue weighted by atomic mass is 32.2. The number of sulfonamides is 1. The molecule has 1 N–H and O–H groups in total. The Morgan fingerprint density at radius 1 is 1.12 bits per heavy atom. The highest BCUT2D eigenvalue weighted by molar-refractivity contribution is 7.90. The monoisotopic (exact) mass is 615 g/mol. The second-order valence-electron chi connectivity index (χ2n) is 12.7. The van der Waals surface area contributed by atoms with Crippen LogP contribution in [0.25, 0.3) is 5.82 Å². The van der Waals surface area contributed by atoms with E-state index in [2.05, 4.69) is 40.6 Å². The summed E-state index contributed by atoms with van der Waals surface area (Å²) in [4.78, 5) is 20.5. The van der Waals surface area contributed by atoms with Gasteiger partial charge >= 0.3 is 0 Å². The SMILES string of the molecule is Cc1nn(C)cc1S(=O)(=O)NC(=O)c1ccc(-n2ccc(O[C@@H]3CC4CCC3CC4)n2)nc1N1C[C@@H](C)CC1(C)C.S.